The molecule has 2 aliphatic rings. The summed E-state index contributed by atoms with van der Waals surface area (Å²) in [5, 5.41) is 22.9. The molecule has 1 aromatic carbocycles. The van der Waals surface area contributed by atoms with Gasteiger partial charge in [-0.1, -0.05) is 12.1 Å². The predicted octanol–water partition coefficient (Wildman–Crippen LogP) is 2.12. The molecule has 0 amide bonds. The van der Waals surface area contributed by atoms with Crippen molar-refractivity contribution in [2.75, 3.05) is 17.2 Å². The van der Waals surface area contributed by atoms with E-state index < -0.39 is 38.8 Å². The zero-order valence-corrected chi connectivity index (χ0v) is 20.8. The van der Waals surface area contributed by atoms with Crippen molar-refractivity contribution in [3.63, 3.8) is 0 Å². The second-order valence-corrected chi connectivity index (χ2v) is 12.6. The summed E-state index contributed by atoms with van der Waals surface area (Å²) < 4.78 is 29.2. The molecule has 6 N–H and O–H groups in total. The van der Waals surface area contributed by atoms with Crippen molar-refractivity contribution in [2.24, 2.45) is 5.41 Å². The van der Waals surface area contributed by atoms with Crippen molar-refractivity contribution in [2.45, 2.75) is 36.3 Å². The average molecular weight is 559 g/mol. The van der Waals surface area contributed by atoms with Gasteiger partial charge in [0.05, 0.1) is 38.5 Å². The minimum Gasteiger partial charge on any atom is -0.390 e. The van der Waals surface area contributed by atoms with Gasteiger partial charge in [-0.05, 0) is 52.5 Å². The molecular formula is C23H23BrN6O4S. The lowest BCUT2D eigenvalue weighted by Crippen LogP contribution is -2.37. The maximum Gasteiger partial charge on any atom is 0.157 e. The molecule has 5 atom stereocenters. The average Bonchev–Trinajstić information content (AvgIpc) is 3.43. The molecule has 2 fully saturated rings. The fraction of sp³-hybridized carbons (Fsp3) is 0.348. The molecule has 4 heterocycles. The Bertz CT molecular complexity index is 1610. The van der Waals surface area contributed by atoms with E-state index in [0.717, 1.165) is 5.39 Å². The van der Waals surface area contributed by atoms with Crippen LogP contribution in [0.15, 0.2) is 47.3 Å². The van der Waals surface area contributed by atoms with Crippen molar-refractivity contribution in [3.05, 3.63) is 52.9 Å². The molecule has 1 spiro atoms. The normalized spacial score (nSPS) is 30.0. The minimum absolute atomic E-state index is 0.192. The van der Waals surface area contributed by atoms with Gasteiger partial charge in [0.1, 0.15) is 29.7 Å². The van der Waals surface area contributed by atoms with Crippen molar-refractivity contribution in [1.29, 1.82) is 0 Å². The Hall–Kier alpha value is -2.80. The van der Waals surface area contributed by atoms with E-state index in [9.17, 15) is 18.6 Å². The largest absolute Gasteiger partial charge is 0.390 e. The molecule has 4 aromatic rings. The number of nitrogens with two attached hydrogens (primary N) is 2. The number of hydrogen-bond donors (Lipinski definition) is 4. The summed E-state index contributed by atoms with van der Waals surface area (Å²) in [5.41, 5.74) is 12.6. The van der Waals surface area contributed by atoms with Crippen LogP contribution in [0.3, 0.4) is 0 Å². The zero-order chi connectivity index (χ0) is 24.7. The third-order valence-electron chi connectivity index (χ3n) is 7.57. The molecular weight excluding hydrogens is 536 g/mol. The number of benzene rings is 1. The first-order chi connectivity index (χ1) is 16.6. The highest BCUT2D eigenvalue weighted by atomic mass is 79.9. The smallest absolute Gasteiger partial charge is 0.157 e. The predicted molar refractivity (Wildman–Crippen MR) is 135 cm³/mol. The van der Waals surface area contributed by atoms with Gasteiger partial charge in [-0.25, -0.2) is 23.4 Å². The first-order valence-electron chi connectivity index (χ1n) is 11.1. The molecule has 1 aliphatic carbocycles. The Morgan fingerprint density at radius 3 is 2.69 bits per heavy atom. The van der Waals surface area contributed by atoms with E-state index in [1.807, 2.05) is 12.1 Å². The monoisotopic (exact) mass is 558 g/mol. The van der Waals surface area contributed by atoms with E-state index >= 15 is 0 Å². The summed E-state index contributed by atoms with van der Waals surface area (Å²) in [6, 6.07) is 8.39. The number of anilines is 2. The molecule has 0 radical (unpaired) electrons. The van der Waals surface area contributed by atoms with Gasteiger partial charge in [0.2, 0.25) is 0 Å². The molecule has 1 saturated heterocycles. The van der Waals surface area contributed by atoms with E-state index in [0.29, 0.717) is 38.2 Å². The number of aliphatic hydroxyl groups is 2. The number of sulfone groups is 1. The number of hydrogen-bond acceptors (Lipinski definition) is 9. The number of halogens is 1. The Labute approximate surface area is 209 Å². The number of aromatic nitrogens is 4. The fourth-order valence-corrected chi connectivity index (χ4v) is 8.75. The third-order valence-corrected chi connectivity index (χ3v) is 10.5. The maximum absolute atomic E-state index is 13.4. The summed E-state index contributed by atoms with van der Waals surface area (Å²) in [6.07, 6.45) is 1.19. The van der Waals surface area contributed by atoms with Crippen LogP contribution in [0.5, 0.6) is 0 Å². The molecule has 10 nitrogen and oxygen atoms in total. The highest BCUT2D eigenvalue weighted by Gasteiger charge is 2.61. The Balaban J connectivity index is 1.38. The number of nitrogens with zero attached hydrogens (tertiary/aromatic N) is 4. The van der Waals surface area contributed by atoms with Gasteiger partial charge in [-0.2, -0.15) is 0 Å². The van der Waals surface area contributed by atoms with Crippen molar-refractivity contribution in [1.82, 2.24) is 19.5 Å². The number of pyridine rings is 1. The van der Waals surface area contributed by atoms with Crippen LogP contribution >= 0.6 is 15.9 Å². The summed E-state index contributed by atoms with van der Waals surface area (Å²) in [6.45, 7) is 0. The lowest BCUT2D eigenvalue weighted by Gasteiger charge is -2.26. The first kappa shape index (κ1) is 22.7. The second-order valence-electron chi connectivity index (χ2n) is 9.60. The Morgan fingerprint density at radius 1 is 1.09 bits per heavy atom. The molecule has 0 unspecified atom stereocenters. The standard InChI is InChI=1S/C23H23BrN6O4S/c24-14-5-11-1-2-12(6-15(11)29-21(14)26)17-8-23(9-35(17,33)34)7-16(18(31)19(23)32)30-4-3-13-20(25)27-10-28-22(13)30/h1-6,10,16-19,31-32H,7-9H2,(H2,26,29)(H2,25,27,28)/t16-,17-,18+,19+,23-/m1/s1. The van der Waals surface area contributed by atoms with Crippen LogP contribution in [0.1, 0.15) is 29.7 Å². The van der Waals surface area contributed by atoms with Crippen LogP contribution in [0.2, 0.25) is 0 Å². The highest BCUT2D eigenvalue weighted by Crippen LogP contribution is 2.57. The number of rotatable bonds is 2. The molecule has 1 saturated carbocycles. The molecule has 182 valence electrons. The van der Waals surface area contributed by atoms with Gasteiger partial charge in [0.15, 0.2) is 9.84 Å². The van der Waals surface area contributed by atoms with Crippen LogP contribution < -0.4 is 11.5 Å². The van der Waals surface area contributed by atoms with Gasteiger partial charge in [-0.15, -0.1) is 0 Å². The van der Waals surface area contributed by atoms with Crippen molar-refractivity contribution in [3.8, 4) is 0 Å². The van der Waals surface area contributed by atoms with Crippen molar-refractivity contribution < 1.29 is 18.6 Å². The molecule has 6 rings (SSSR count). The second kappa shape index (κ2) is 7.60. The van der Waals surface area contributed by atoms with Crippen LogP contribution in [0.25, 0.3) is 21.9 Å². The molecule has 3 aromatic heterocycles. The van der Waals surface area contributed by atoms with Crippen LogP contribution in [-0.2, 0) is 9.84 Å². The quantitative estimate of drug-likeness (QED) is 0.287. The van der Waals surface area contributed by atoms with Gasteiger partial charge in [0.25, 0.3) is 0 Å². The first-order valence-corrected chi connectivity index (χ1v) is 13.6. The lowest BCUT2D eigenvalue weighted by atomic mass is 9.80. The Morgan fingerprint density at radius 2 is 1.89 bits per heavy atom. The van der Waals surface area contributed by atoms with E-state index in [1.54, 1.807) is 29.0 Å². The topological polar surface area (TPSA) is 170 Å². The molecule has 0 bridgehead atoms. The number of fused-ring (bicyclic) bond motifs is 2. The fourth-order valence-electron chi connectivity index (χ4n) is 5.86. The zero-order valence-electron chi connectivity index (χ0n) is 18.4. The van der Waals surface area contributed by atoms with Crippen molar-refractivity contribution >= 4 is 59.3 Å². The highest BCUT2D eigenvalue weighted by molar-refractivity contribution is 9.10. The van der Waals surface area contributed by atoms with E-state index in [4.69, 9.17) is 11.5 Å². The lowest BCUT2D eigenvalue weighted by molar-refractivity contribution is -0.0205. The van der Waals surface area contributed by atoms with Crippen LogP contribution in [0.4, 0.5) is 11.6 Å². The van der Waals surface area contributed by atoms with Gasteiger partial charge in [-0.3, -0.25) is 0 Å². The van der Waals surface area contributed by atoms with E-state index in [-0.39, 0.29) is 18.6 Å². The van der Waals surface area contributed by atoms with Gasteiger partial charge < -0.3 is 26.2 Å². The van der Waals surface area contributed by atoms with Crippen LogP contribution in [0, 0.1) is 5.41 Å². The number of aliphatic hydroxyl groups excluding tert-OH is 2. The van der Waals surface area contributed by atoms with Crippen LogP contribution in [-0.4, -0.2) is 56.1 Å². The van der Waals surface area contributed by atoms with Gasteiger partial charge >= 0.3 is 0 Å². The summed E-state index contributed by atoms with van der Waals surface area (Å²) >= 11 is 3.36. The van der Waals surface area contributed by atoms with E-state index in [1.165, 1.54) is 6.33 Å². The maximum atomic E-state index is 13.4. The SMILES string of the molecule is Nc1nc2cc([C@H]3C[C@]4(C[C@@H](n5ccc6c(N)ncnc65)[C@H](O)[C@@H]4O)CS3(=O)=O)ccc2cc1Br. The molecule has 1 aliphatic heterocycles. The summed E-state index contributed by atoms with van der Waals surface area (Å²) in [4.78, 5) is 12.7. The van der Waals surface area contributed by atoms with Gasteiger partial charge in [0, 0.05) is 17.0 Å². The third kappa shape index (κ3) is 3.34. The van der Waals surface area contributed by atoms with E-state index in [2.05, 4.69) is 30.9 Å². The molecule has 12 heteroatoms. The summed E-state index contributed by atoms with van der Waals surface area (Å²) in [5.74, 6) is 0.419. The Kier molecular flexibility index (Phi) is 4.92. The number of nitrogen functional groups attached to an aromatic ring is 2. The molecule has 35 heavy (non-hydrogen) atoms. The summed E-state index contributed by atoms with van der Waals surface area (Å²) in [7, 11) is -3.61. The minimum atomic E-state index is -3.61.